The maximum Gasteiger partial charge on any atom is 0.435 e. The zero-order valence-corrected chi connectivity index (χ0v) is 24.2. The van der Waals surface area contributed by atoms with Gasteiger partial charge in [0.1, 0.15) is 6.61 Å². The number of carbonyl (C=O) groups excluding carboxylic acids is 1. The van der Waals surface area contributed by atoms with E-state index in [1.807, 2.05) is 30.0 Å². The van der Waals surface area contributed by atoms with Crippen molar-refractivity contribution < 1.29 is 35.9 Å². The SMILES string of the molecule is Cc1ccc(-c2ncccn2)c(C(=O)N2C[C@@H]3C[C@@H]3C[C@H]2COc2ccc(C(F)(F)F)nn2)c1.FC(F)(F)c1ccc(Cl)nn1. The van der Waals surface area contributed by atoms with Crippen LogP contribution < -0.4 is 4.74 Å². The first kappa shape index (κ1) is 32.0. The van der Waals surface area contributed by atoms with Crippen molar-refractivity contribution in [1.29, 1.82) is 0 Å². The molecule has 9 nitrogen and oxygen atoms in total. The monoisotopic (exact) mass is 651 g/mol. The molecule has 236 valence electrons. The molecule has 1 aromatic carbocycles. The number of amides is 1. The third kappa shape index (κ3) is 8.01. The van der Waals surface area contributed by atoms with Gasteiger partial charge in [0.05, 0.1) is 11.6 Å². The molecule has 1 saturated carbocycles. The van der Waals surface area contributed by atoms with Gasteiger partial charge in [0.15, 0.2) is 22.4 Å². The highest BCUT2D eigenvalue weighted by Crippen LogP contribution is 2.47. The molecule has 0 N–H and O–H groups in total. The van der Waals surface area contributed by atoms with Crippen LogP contribution in [0.15, 0.2) is 60.9 Å². The molecule has 3 aromatic heterocycles. The number of carbonyl (C=O) groups is 1. The zero-order chi connectivity index (χ0) is 32.4. The highest BCUT2D eigenvalue weighted by Gasteiger charge is 2.47. The van der Waals surface area contributed by atoms with E-state index in [1.165, 1.54) is 0 Å². The first-order valence-electron chi connectivity index (χ1n) is 13.6. The molecular formula is C29H24ClF6N7O2. The maximum atomic E-state index is 13.7. The van der Waals surface area contributed by atoms with Gasteiger partial charge >= 0.3 is 12.4 Å². The summed E-state index contributed by atoms with van der Waals surface area (Å²) in [6.45, 7) is 2.65. The Balaban J connectivity index is 0.000000309. The lowest BCUT2D eigenvalue weighted by molar-refractivity contribution is -0.142. The maximum absolute atomic E-state index is 13.7. The molecule has 2 aliphatic rings. The zero-order valence-electron chi connectivity index (χ0n) is 23.4. The molecule has 0 bridgehead atoms. The lowest BCUT2D eigenvalue weighted by atomic mass is 9.98. The molecular weight excluding hydrogens is 628 g/mol. The molecule has 2 fully saturated rings. The normalized spacial score (nSPS) is 19.2. The summed E-state index contributed by atoms with van der Waals surface area (Å²) in [6.07, 6.45) is -3.91. The van der Waals surface area contributed by atoms with Crippen molar-refractivity contribution in [3.63, 3.8) is 0 Å². The van der Waals surface area contributed by atoms with Crippen molar-refractivity contribution in [2.24, 2.45) is 11.8 Å². The highest BCUT2D eigenvalue weighted by atomic mass is 35.5. The fraction of sp³-hybridized carbons (Fsp3) is 0.345. The number of nitrogens with zero attached hydrogens (tertiary/aromatic N) is 7. The Hall–Kier alpha value is -4.40. The van der Waals surface area contributed by atoms with Crippen LogP contribution in [0, 0.1) is 18.8 Å². The number of likely N-dealkylation sites (tertiary alicyclic amines) is 1. The number of aryl methyl sites for hydroxylation is 1. The van der Waals surface area contributed by atoms with Crippen LogP contribution in [0.5, 0.6) is 5.88 Å². The number of hydrogen-bond acceptors (Lipinski definition) is 8. The Morgan fingerprint density at radius 2 is 1.56 bits per heavy atom. The van der Waals surface area contributed by atoms with E-state index in [1.54, 1.807) is 18.5 Å². The van der Waals surface area contributed by atoms with Gasteiger partial charge < -0.3 is 9.64 Å². The van der Waals surface area contributed by atoms with Gasteiger partial charge in [-0.15, -0.1) is 20.4 Å². The molecule has 4 heterocycles. The van der Waals surface area contributed by atoms with Crippen LogP contribution in [0.3, 0.4) is 0 Å². The first-order valence-corrected chi connectivity index (χ1v) is 14.0. The summed E-state index contributed by atoms with van der Waals surface area (Å²) in [5, 5.41) is 12.6. The van der Waals surface area contributed by atoms with Crippen molar-refractivity contribution in [3.8, 4) is 17.3 Å². The number of piperidine rings is 1. The topological polar surface area (TPSA) is 107 Å². The number of ether oxygens (including phenoxy) is 1. The standard InChI is InChI=1S/C24H22F3N5O2.C5H2ClF3N2/c1-14-3-4-18(22-28-7-2-8-29-22)19(9-14)23(33)32-12-16-10-15(16)11-17(32)13-34-21-6-5-20(30-31-21)24(25,26)27;6-4-2-1-3(10-11-4)5(7,8)9/h2-9,15-17H,10-13H2,1H3;1-2H/t15-,16+,17+;/m1./s1. The van der Waals surface area contributed by atoms with E-state index in [2.05, 4.69) is 30.4 Å². The Labute approximate surface area is 257 Å². The first-order chi connectivity index (χ1) is 21.3. The summed E-state index contributed by atoms with van der Waals surface area (Å²) in [5.74, 6) is 1.33. The molecule has 0 unspecified atom stereocenters. The van der Waals surface area contributed by atoms with Gasteiger partial charge in [0, 0.05) is 30.6 Å². The van der Waals surface area contributed by atoms with Crippen molar-refractivity contribution in [3.05, 3.63) is 88.6 Å². The van der Waals surface area contributed by atoms with E-state index < -0.39 is 23.7 Å². The lowest BCUT2D eigenvalue weighted by Gasteiger charge is -2.35. The van der Waals surface area contributed by atoms with Crippen molar-refractivity contribution in [1.82, 2.24) is 35.3 Å². The highest BCUT2D eigenvalue weighted by molar-refractivity contribution is 6.29. The number of halogens is 7. The van der Waals surface area contributed by atoms with E-state index in [4.69, 9.17) is 16.3 Å². The van der Waals surface area contributed by atoms with Gasteiger partial charge in [-0.25, -0.2) is 9.97 Å². The molecule has 1 saturated heterocycles. The summed E-state index contributed by atoms with van der Waals surface area (Å²) >= 11 is 5.22. The van der Waals surface area contributed by atoms with Crippen LogP contribution in [0.2, 0.25) is 5.15 Å². The van der Waals surface area contributed by atoms with Crippen LogP contribution in [0.4, 0.5) is 26.3 Å². The second-order valence-corrected chi connectivity index (χ2v) is 10.9. The Morgan fingerprint density at radius 1 is 0.889 bits per heavy atom. The number of fused-ring (bicyclic) bond motifs is 1. The van der Waals surface area contributed by atoms with E-state index in [-0.39, 0.29) is 29.6 Å². The summed E-state index contributed by atoms with van der Waals surface area (Å²) in [4.78, 5) is 24.2. The average Bonchev–Trinajstić information content (AvgIpc) is 3.78. The third-order valence-electron chi connectivity index (χ3n) is 7.27. The summed E-state index contributed by atoms with van der Waals surface area (Å²) in [7, 11) is 0. The van der Waals surface area contributed by atoms with Gasteiger partial charge in [-0.3, -0.25) is 4.79 Å². The second kappa shape index (κ2) is 12.9. The van der Waals surface area contributed by atoms with Crippen LogP contribution in [0.1, 0.15) is 40.2 Å². The van der Waals surface area contributed by atoms with Gasteiger partial charge in [0.2, 0.25) is 5.88 Å². The summed E-state index contributed by atoms with van der Waals surface area (Å²) in [6, 6.07) is 10.9. The minimum atomic E-state index is -4.56. The molecule has 1 aliphatic heterocycles. The predicted molar refractivity (Wildman–Crippen MR) is 148 cm³/mol. The molecule has 0 spiro atoms. The fourth-order valence-electron chi connectivity index (χ4n) is 4.93. The van der Waals surface area contributed by atoms with Gasteiger partial charge in [0.25, 0.3) is 5.91 Å². The van der Waals surface area contributed by atoms with E-state index in [9.17, 15) is 31.1 Å². The van der Waals surface area contributed by atoms with Gasteiger partial charge in [-0.1, -0.05) is 29.3 Å². The minimum Gasteiger partial charge on any atom is -0.474 e. The number of aromatic nitrogens is 6. The van der Waals surface area contributed by atoms with Crippen LogP contribution >= 0.6 is 11.6 Å². The molecule has 1 aliphatic carbocycles. The number of rotatable bonds is 5. The Morgan fingerprint density at radius 3 is 2.16 bits per heavy atom. The van der Waals surface area contributed by atoms with Crippen LogP contribution in [-0.4, -0.2) is 60.4 Å². The largest absolute Gasteiger partial charge is 0.474 e. The summed E-state index contributed by atoms with van der Waals surface area (Å²) in [5.41, 5.74) is -0.00339. The molecule has 1 amide bonds. The second-order valence-electron chi connectivity index (χ2n) is 10.5. The fourth-order valence-corrected chi connectivity index (χ4v) is 5.03. The molecule has 0 radical (unpaired) electrons. The van der Waals surface area contributed by atoms with Crippen molar-refractivity contribution in [2.75, 3.05) is 13.2 Å². The van der Waals surface area contributed by atoms with E-state index >= 15 is 0 Å². The number of alkyl halides is 6. The average molecular weight is 652 g/mol. The lowest BCUT2D eigenvalue weighted by Crippen LogP contribution is -2.47. The molecule has 45 heavy (non-hydrogen) atoms. The molecule has 6 rings (SSSR count). The van der Waals surface area contributed by atoms with E-state index in [0.29, 0.717) is 35.3 Å². The molecule has 4 aromatic rings. The molecule has 16 heteroatoms. The smallest absolute Gasteiger partial charge is 0.435 e. The quantitative estimate of drug-likeness (QED) is 0.230. The predicted octanol–water partition coefficient (Wildman–Crippen LogP) is 6.34. The number of hydrogen-bond donors (Lipinski definition) is 0. The van der Waals surface area contributed by atoms with Gasteiger partial charge in [-0.05, 0) is 61.9 Å². The Kier molecular flexibility index (Phi) is 9.18. The molecule has 3 atom stereocenters. The van der Waals surface area contributed by atoms with Gasteiger partial charge in [-0.2, -0.15) is 26.3 Å². The van der Waals surface area contributed by atoms with Crippen molar-refractivity contribution >= 4 is 17.5 Å². The summed E-state index contributed by atoms with van der Waals surface area (Å²) < 4.78 is 79.2. The van der Waals surface area contributed by atoms with Crippen LogP contribution in [0.25, 0.3) is 11.4 Å². The van der Waals surface area contributed by atoms with Crippen molar-refractivity contribution in [2.45, 2.75) is 38.2 Å². The van der Waals surface area contributed by atoms with Crippen LogP contribution in [-0.2, 0) is 12.4 Å². The Bertz CT molecular complexity index is 1620. The minimum absolute atomic E-state index is 0.00718. The third-order valence-corrected chi connectivity index (χ3v) is 7.47. The van der Waals surface area contributed by atoms with E-state index in [0.717, 1.165) is 42.7 Å². The number of benzene rings is 1.